The van der Waals surface area contributed by atoms with E-state index in [2.05, 4.69) is 12.2 Å². The molecule has 0 amide bonds. The Balaban J connectivity index is 1.95. The van der Waals surface area contributed by atoms with Crippen molar-refractivity contribution in [2.45, 2.75) is 19.1 Å². The van der Waals surface area contributed by atoms with E-state index in [1.54, 1.807) is 0 Å². The molecule has 0 radical (unpaired) electrons. The molecular weight excluding hydrogens is 150 g/mol. The van der Waals surface area contributed by atoms with Crippen LogP contribution in [0.5, 0.6) is 5.75 Å². The first-order valence-corrected chi connectivity index (χ1v) is 4.31. The average molecular weight is 163 g/mol. The number of para-hydroxylation sites is 1. The summed E-state index contributed by atoms with van der Waals surface area (Å²) in [5.74, 6) is 0.968. The Hall–Kier alpha value is -1.02. The van der Waals surface area contributed by atoms with Crippen molar-refractivity contribution in [3.8, 4) is 5.75 Å². The zero-order valence-corrected chi connectivity index (χ0v) is 7.16. The van der Waals surface area contributed by atoms with Crippen molar-refractivity contribution in [3.05, 3.63) is 30.3 Å². The number of benzene rings is 1. The summed E-state index contributed by atoms with van der Waals surface area (Å²) in [6.07, 6.45) is 0.354. The Morgan fingerprint density at radius 2 is 2.08 bits per heavy atom. The van der Waals surface area contributed by atoms with Crippen LogP contribution in [0.4, 0.5) is 0 Å². The van der Waals surface area contributed by atoms with Gasteiger partial charge in [0.1, 0.15) is 11.9 Å². The van der Waals surface area contributed by atoms with Gasteiger partial charge in [-0.2, -0.15) is 0 Å². The van der Waals surface area contributed by atoms with Gasteiger partial charge < -0.3 is 10.1 Å². The van der Waals surface area contributed by atoms with Crippen LogP contribution in [0.25, 0.3) is 0 Å². The Labute approximate surface area is 72.5 Å². The van der Waals surface area contributed by atoms with Crippen molar-refractivity contribution < 1.29 is 4.74 Å². The molecule has 2 nitrogen and oxygen atoms in total. The first-order chi connectivity index (χ1) is 5.86. The van der Waals surface area contributed by atoms with Crippen molar-refractivity contribution in [2.75, 3.05) is 6.54 Å². The summed E-state index contributed by atoms with van der Waals surface area (Å²) < 4.78 is 5.70. The zero-order chi connectivity index (χ0) is 8.39. The summed E-state index contributed by atoms with van der Waals surface area (Å²) >= 11 is 0. The summed E-state index contributed by atoms with van der Waals surface area (Å²) in [4.78, 5) is 0. The van der Waals surface area contributed by atoms with Gasteiger partial charge in [-0.1, -0.05) is 18.2 Å². The largest absolute Gasteiger partial charge is 0.487 e. The van der Waals surface area contributed by atoms with Crippen LogP contribution in [-0.4, -0.2) is 18.7 Å². The van der Waals surface area contributed by atoms with Gasteiger partial charge in [0, 0.05) is 12.6 Å². The molecule has 1 aromatic carbocycles. The highest BCUT2D eigenvalue weighted by Crippen LogP contribution is 2.15. The molecule has 0 aliphatic carbocycles. The molecule has 1 saturated heterocycles. The van der Waals surface area contributed by atoms with Crippen LogP contribution in [0.1, 0.15) is 6.92 Å². The number of hydrogen-bond donors (Lipinski definition) is 1. The molecule has 1 aliphatic heterocycles. The molecule has 0 aromatic heterocycles. The van der Waals surface area contributed by atoms with Crippen LogP contribution >= 0.6 is 0 Å². The van der Waals surface area contributed by atoms with Crippen molar-refractivity contribution >= 4 is 0 Å². The van der Waals surface area contributed by atoms with E-state index in [0.717, 1.165) is 12.3 Å². The highest BCUT2D eigenvalue weighted by atomic mass is 16.5. The van der Waals surface area contributed by atoms with Crippen LogP contribution < -0.4 is 10.1 Å². The lowest BCUT2D eigenvalue weighted by molar-refractivity contribution is 0.0939. The lowest BCUT2D eigenvalue weighted by atomic mass is 10.1. The minimum atomic E-state index is 0.354. The number of hydrogen-bond acceptors (Lipinski definition) is 2. The second-order valence-electron chi connectivity index (χ2n) is 3.17. The Morgan fingerprint density at radius 1 is 1.33 bits per heavy atom. The standard InChI is InChI=1S/C10H13NO/c1-8-10(7-11-8)12-9-5-3-2-4-6-9/h2-6,8,10-11H,7H2,1H3. The minimum Gasteiger partial charge on any atom is -0.487 e. The van der Waals surface area contributed by atoms with Gasteiger partial charge in [0.25, 0.3) is 0 Å². The van der Waals surface area contributed by atoms with Gasteiger partial charge in [0.2, 0.25) is 0 Å². The molecule has 2 heteroatoms. The van der Waals surface area contributed by atoms with Gasteiger partial charge in [-0.05, 0) is 19.1 Å². The van der Waals surface area contributed by atoms with E-state index in [1.807, 2.05) is 30.3 Å². The molecule has 12 heavy (non-hydrogen) atoms. The normalized spacial score (nSPS) is 27.8. The molecule has 64 valence electrons. The predicted molar refractivity (Wildman–Crippen MR) is 48.3 cm³/mol. The SMILES string of the molecule is CC1NCC1Oc1ccccc1. The van der Waals surface area contributed by atoms with E-state index in [0.29, 0.717) is 12.1 Å². The average Bonchev–Trinajstić information content (AvgIpc) is 2.14. The van der Waals surface area contributed by atoms with Crippen LogP contribution in [-0.2, 0) is 0 Å². The van der Waals surface area contributed by atoms with Crippen molar-refractivity contribution in [1.82, 2.24) is 5.32 Å². The molecule has 2 rings (SSSR count). The predicted octanol–water partition coefficient (Wildman–Crippen LogP) is 1.43. The second-order valence-corrected chi connectivity index (χ2v) is 3.17. The van der Waals surface area contributed by atoms with Crippen LogP contribution in [0, 0.1) is 0 Å². The smallest absolute Gasteiger partial charge is 0.126 e. The maximum atomic E-state index is 5.70. The van der Waals surface area contributed by atoms with E-state index in [1.165, 1.54) is 0 Å². The molecule has 0 saturated carbocycles. The van der Waals surface area contributed by atoms with Crippen molar-refractivity contribution in [1.29, 1.82) is 0 Å². The summed E-state index contributed by atoms with van der Waals surface area (Å²) in [6.45, 7) is 3.10. The Kier molecular flexibility index (Phi) is 2.00. The molecule has 1 N–H and O–H groups in total. The fourth-order valence-electron chi connectivity index (χ4n) is 1.27. The highest BCUT2D eigenvalue weighted by molar-refractivity contribution is 5.21. The highest BCUT2D eigenvalue weighted by Gasteiger charge is 2.27. The molecule has 1 heterocycles. The second kappa shape index (κ2) is 3.15. The van der Waals surface area contributed by atoms with Gasteiger partial charge in [-0.3, -0.25) is 0 Å². The van der Waals surface area contributed by atoms with E-state index >= 15 is 0 Å². The van der Waals surface area contributed by atoms with Gasteiger partial charge in [-0.25, -0.2) is 0 Å². The third kappa shape index (κ3) is 1.43. The van der Waals surface area contributed by atoms with Gasteiger partial charge in [0.15, 0.2) is 0 Å². The zero-order valence-electron chi connectivity index (χ0n) is 7.16. The quantitative estimate of drug-likeness (QED) is 0.712. The Morgan fingerprint density at radius 3 is 2.58 bits per heavy atom. The first-order valence-electron chi connectivity index (χ1n) is 4.31. The topological polar surface area (TPSA) is 21.3 Å². The third-order valence-corrected chi connectivity index (χ3v) is 2.23. The summed E-state index contributed by atoms with van der Waals surface area (Å²) in [6, 6.07) is 10.5. The summed E-state index contributed by atoms with van der Waals surface area (Å²) in [5, 5.41) is 3.25. The summed E-state index contributed by atoms with van der Waals surface area (Å²) in [7, 11) is 0. The van der Waals surface area contributed by atoms with Crippen molar-refractivity contribution in [2.24, 2.45) is 0 Å². The fourth-order valence-corrected chi connectivity index (χ4v) is 1.27. The molecule has 1 aliphatic rings. The van der Waals surface area contributed by atoms with Gasteiger partial charge in [0.05, 0.1) is 0 Å². The summed E-state index contributed by atoms with van der Waals surface area (Å²) in [5.41, 5.74) is 0. The minimum absolute atomic E-state index is 0.354. The third-order valence-electron chi connectivity index (χ3n) is 2.23. The molecule has 0 spiro atoms. The lowest BCUT2D eigenvalue weighted by Crippen LogP contribution is -2.58. The van der Waals surface area contributed by atoms with E-state index in [9.17, 15) is 0 Å². The van der Waals surface area contributed by atoms with Crippen LogP contribution in [0.15, 0.2) is 30.3 Å². The van der Waals surface area contributed by atoms with E-state index in [-0.39, 0.29) is 0 Å². The van der Waals surface area contributed by atoms with E-state index in [4.69, 9.17) is 4.74 Å². The van der Waals surface area contributed by atoms with Crippen LogP contribution in [0.3, 0.4) is 0 Å². The first kappa shape index (κ1) is 7.62. The van der Waals surface area contributed by atoms with Crippen molar-refractivity contribution in [3.63, 3.8) is 0 Å². The molecule has 0 bridgehead atoms. The fraction of sp³-hybridized carbons (Fsp3) is 0.400. The van der Waals surface area contributed by atoms with Gasteiger partial charge in [-0.15, -0.1) is 0 Å². The number of nitrogens with one attached hydrogen (secondary N) is 1. The maximum Gasteiger partial charge on any atom is 0.126 e. The van der Waals surface area contributed by atoms with Crippen LogP contribution in [0.2, 0.25) is 0 Å². The maximum absolute atomic E-state index is 5.70. The molecule has 2 atom stereocenters. The monoisotopic (exact) mass is 163 g/mol. The Bertz CT molecular complexity index is 247. The molecule has 1 aromatic rings. The molecule has 2 unspecified atom stereocenters. The number of ether oxygens (including phenoxy) is 1. The lowest BCUT2D eigenvalue weighted by Gasteiger charge is -2.35. The molecular formula is C10H13NO. The molecule has 1 fully saturated rings. The number of rotatable bonds is 2. The van der Waals surface area contributed by atoms with E-state index < -0.39 is 0 Å². The van der Waals surface area contributed by atoms with Gasteiger partial charge >= 0.3 is 0 Å².